The van der Waals surface area contributed by atoms with E-state index in [2.05, 4.69) is 15.6 Å². The van der Waals surface area contributed by atoms with Crippen LogP contribution in [0.5, 0.6) is 5.75 Å². The number of carbonyl (C=O) groups excluding carboxylic acids is 2. The summed E-state index contributed by atoms with van der Waals surface area (Å²) < 4.78 is 16.1. The molecule has 2 N–H and O–H groups in total. The van der Waals surface area contributed by atoms with Gasteiger partial charge in [-0.2, -0.15) is 0 Å². The van der Waals surface area contributed by atoms with Crippen molar-refractivity contribution < 1.29 is 23.5 Å². The molecule has 3 aromatic rings. The summed E-state index contributed by atoms with van der Waals surface area (Å²) in [6.07, 6.45) is 2.93. The van der Waals surface area contributed by atoms with E-state index < -0.39 is 5.91 Å². The number of nitrogens with zero attached hydrogens (tertiary/aromatic N) is 1. The molecule has 1 aliphatic rings. The maximum atomic E-state index is 13.0. The molecule has 34 heavy (non-hydrogen) atoms. The van der Waals surface area contributed by atoms with Gasteiger partial charge < -0.3 is 24.5 Å². The molecule has 1 saturated heterocycles. The molecule has 0 unspecified atom stereocenters. The van der Waals surface area contributed by atoms with Gasteiger partial charge in [0.2, 0.25) is 5.76 Å². The number of benzene rings is 2. The van der Waals surface area contributed by atoms with Crippen molar-refractivity contribution in [3.8, 4) is 5.75 Å². The lowest BCUT2D eigenvalue weighted by Crippen LogP contribution is -2.44. The Labute approximate surface area is 202 Å². The second-order valence-corrected chi connectivity index (χ2v) is 8.60. The van der Waals surface area contributed by atoms with Crippen LogP contribution in [-0.2, 0) is 10.2 Å². The smallest absolute Gasteiger partial charge is 0.293 e. The number of anilines is 1. The van der Waals surface area contributed by atoms with Crippen LogP contribution in [0.1, 0.15) is 45.2 Å². The molecular formula is C25H26ClN3O5. The second-order valence-electron chi connectivity index (χ2n) is 8.20. The van der Waals surface area contributed by atoms with Crippen molar-refractivity contribution in [2.24, 2.45) is 0 Å². The number of amides is 2. The normalized spacial score (nSPS) is 14.9. The van der Waals surface area contributed by atoms with Gasteiger partial charge >= 0.3 is 0 Å². The number of hydrogen-bond donors (Lipinski definition) is 2. The van der Waals surface area contributed by atoms with Gasteiger partial charge in [-0.1, -0.05) is 23.7 Å². The molecule has 1 aromatic heterocycles. The van der Waals surface area contributed by atoms with Gasteiger partial charge in [-0.3, -0.25) is 9.59 Å². The molecule has 0 atom stereocenters. The Bertz CT molecular complexity index is 1170. The van der Waals surface area contributed by atoms with Crippen molar-refractivity contribution in [2.75, 3.05) is 32.2 Å². The number of oxazole rings is 1. The lowest BCUT2D eigenvalue weighted by molar-refractivity contribution is 0.0487. The molecule has 9 heteroatoms. The Morgan fingerprint density at radius 3 is 2.47 bits per heavy atom. The van der Waals surface area contributed by atoms with E-state index in [1.165, 1.54) is 12.3 Å². The highest BCUT2D eigenvalue weighted by atomic mass is 35.5. The molecule has 0 saturated carbocycles. The highest BCUT2D eigenvalue weighted by Crippen LogP contribution is 2.35. The van der Waals surface area contributed by atoms with Gasteiger partial charge in [0, 0.05) is 37.8 Å². The third-order valence-electron chi connectivity index (χ3n) is 6.06. The third kappa shape index (κ3) is 5.24. The van der Waals surface area contributed by atoms with Crippen LogP contribution in [0.2, 0.25) is 5.02 Å². The summed E-state index contributed by atoms with van der Waals surface area (Å²) >= 11 is 6.38. The molecule has 2 aromatic carbocycles. The molecular weight excluding hydrogens is 458 g/mol. The molecule has 0 bridgehead atoms. The van der Waals surface area contributed by atoms with Gasteiger partial charge in [0.05, 0.1) is 23.9 Å². The van der Waals surface area contributed by atoms with E-state index in [1.54, 1.807) is 26.2 Å². The van der Waals surface area contributed by atoms with E-state index in [1.807, 2.05) is 24.3 Å². The molecule has 2 amide bonds. The Kier molecular flexibility index (Phi) is 7.19. The Morgan fingerprint density at radius 2 is 1.85 bits per heavy atom. The number of ether oxygens (including phenoxy) is 2. The predicted octanol–water partition coefficient (Wildman–Crippen LogP) is 4.38. The molecule has 2 heterocycles. The van der Waals surface area contributed by atoms with Crippen LogP contribution in [0.15, 0.2) is 53.1 Å². The van der Waals surface area contributed by atoms with Crippen LogP contribution < -0.4 is 15.4 Å². The van der Waals surface area contributed by atoms with Crippen molar-refractivity contribution in [1.82, 2.24) is 10.3 Å². The van der Waals surface area contributed by atoms with Gasteiger partial charge in [0.1, 0.15) is 5.75 Å². The maximum absolute atomic E-state index is 13.0. The number of aryl methyl sites for hydroxylation is 1. The van der Waals surface area contributed by atoms with E-state index in [0.717, 1.165) is 24.2 Å². The van der Waals surface area contributed by atoms with Gasteiger partial charge in [-0.25, -0.2) is 4.98 Å². The number of carbonyl (C=O) groups is 2. The van der Waals surface area contributed by atoms with Crippen LogP contribution in [0, 0.1) is 6.92 Å². The second kappa shape index (κ2) is 10.3. The number of hydrogen-bond acceptors (Lipinski definition) is 6. The van der Waals surface area contributed by atoms with Crippen LogP contribution in [0.4, 0.5) is 5.69 Å². The molecule has 1 fully saturated rings. The summed E-state index contributed by atoms with van der Waals surface area (Å²) in [4.78, 5) is 29.2. The van der Waals surface area contributed by atoms with Crippen molar-refractivity contribution in [3.05, 3.63) is 76.5 Å². The monoisotopic (exact) mass is 483 g/mol. The van der Waals surface area contributed by atoms with Gasteiger partial charge in [0.25, 0.3) is 11.8 Å². The first-order chi connectivity index (χ1) is 16.4. The fourth-order valence-electron chi connectivity index (χ4n) is 4.05. The average molecular weight is 484 g/mol. The zero-order valence-corrected chi connectivity index (χ0v) is 19.8. The maximum Gasteiger partial charge on any atom is 0.293 e. The standard InChI is InChI=1S/C25H26ClN3O5/c1-16-27-14-22(34-16)24(31)29-18-5-8-20(21(26)13-18)23(30)28-15-25(9-11-33-12-10-25)17-3-6-19(32-2)7-4-17/h3-8,13-14H,9-12,15H2,1-2H3,(H,28,30)(H,29,31). The summed E-state index contributed by atoms with van der Waals surface area (Å²) in [5.74, 6) is 0.540. The van der Waals surface area contributed by atoms with E-state index in [0.29, 0.717) is 36.9 Å². The number of methoxy groups -OCH3 is 1. The number of halogens is 1. The quantitative estimate of drug-likeness (QED) is 0.517. The SMILES string of the molecule is COc1ccc(C2(CNC(=O)c3ccc(NC(=O)c4cnc(C)o4)cc3Cl)CCOCC2)cc1. The Morgan fingerprint density at radius 1 is 1.12 bits per heavy atom. The van der Waals surface area contributed by atoms with E-state index in [4.69, 9.17) is 25.5 Å². The highest BCUT2D eigenvalue weighted by Gasteiger charge is 2.35. The molecule has 4 rings (SSSR count). The fourth-order valence-corrected chi connectivity index (χ4v) is 4.32. The minimum atomic E-state index is -0.449. The highest BCUT2D eigenvalue weighted by molar-refractivity contribution is 6.34. The van der Waals surface area contributed by atoms with Crippen LogP contribution in [0.3, 0.4) is 0 Å². The van der Waals surface area contributed by atoms with Gasteiger partial charge in [-0.05, 0) is 48.7 Å². The zero-order chi connectivity index (χ0) is 24.1. The molecule has 178 valence electrons. The molecule has 0 aliphatic carbocycles. The third-order valence-corrected chi connectivity index (χ3v) is 6.37. The summed E-state index contributed by atoms with van der Waals surface area (Å²) in [6, 6.07) is 12.7. The van der Waals surface area contributed by atoms with Crippen molar-refractivity contribution in [2.45, 2.75) is 25.2 Å². The van der Waals surface area contributed by atoms with Crippen LogP contribution >= 0.6 is 11.6 Å². The van der Waals surface area contributed by atoms with Gasteiger partial charge in [0.15, 0.2) is 5.89 Å². The van der Waals surface area contributed by atoms with Crippen molar-refractivity contribution in [3.63, 3.8) is 0 Å². The van der Waals surface area contributed by atoms with E-state index in [-0.39, 0.29) is 22.1 Å². The van der Waals surface area contributed by atoms with Crippen LogP contribution in [0.25, 0.3) is 0 Å². The summed E-state index contributed by atoms with van der Waals surface area (Å²) in [5, 5.41) is 5.96. The summed E-state index contributed by atoms with van der Waals surface area (Å²) in [7, 11) is 1.63. The number of rotatable bonds is 7. The molecule has 0 spiro atoms. The molecule has 8 nitrogen and oxygen atoms in total. The average Bonchev–Trinajstić information content (AvgIpc) is 3.30. The fraction of sp³-hybridized carbons (Fsp3) is 0.320. The summed E-state index contributed by atoms with van der Waals surface area (Å²) in [6.45, 7) is 3.35. The summed E-state index contributed by atoms with van der Waals surface area (Å²) in [5.41, 5.74) is 1.66. The first-order valence-electron chi connectivity index (χ1n) is 10.9. The van der Waals surface area contributed by atoms with Crippen LogP contribution in [-0.4, -0.2) is 43.7 Å². The van der Waals surface area contributed by atoms with Crippen molar-refractivity contribution >= 4 is 29.1 Å². The van der Waals surface area contributed by atoms with E-state index >= 15 is 0 Å². The Hall–Kier alpha value is -3.36. The van der Waals surface area contributed by atoms with E-state index in [9.17, 15) is 9.59 Å². The first-order valence-corrected chi connectivity index (χ1v) is 11.3. The minimum Gasteiger partial charge on any atom is -0.497 e. The minimum absolute atomic E-state index is 0.0933. The predicted molar refractivity (Wildman–Crippen MR) is 128 cm³/mol. The number of aromatic nitrogens is 1. The number of nitrogens with one attached hydrogen (secondary N) is 2. The lowest BCUT2D eigenvalue weighted by Gasteiger charge is -2.38. The molecule has 0 radical (unpaired) electrons. The zero-order valence-electron chi connectivity index (χ0n) is 19.0. The topological polar surface area (TPSA) is 103 Å². The van der Waals surface area contributed by atoms with Gasteiger partial charge in [-0.15, -0.1) is 0 Å². The van der Waals surface area contributed by atoms with Crippen molar-refractivity contribution in [1.29, 1.82) is 0 Å². The largest absolute Gasteiger partial charge is 0.497 e. The lowest BCUT2D eigenvalue weighted by atomic mass is 9.74. The first kappa shape index (κ1) is 23.8. The Balaban J connectivity index is 1.45. The molecule has 1 aliphatic heterocycles.